The Hall–Kier alpha value is -1.83. The van der Waals surface area contributed by atoms with Gasteiger partial charge in [-0.25, -0.2) is 0 Å². The number of carbonyl (C=O) groups excluding carboxylic acids is 1. The van der Waals surface area contributed by atoms with Crippen molar-refractivity contribution < 1.29 is 23.4 Å². The monoisotopic (exact) mass is 470 g/mol. The molecule has 0 saturated carbocycles. The maximum atomic E-state index is 12.6. The summed E-state index contributed by atoms with van der Waals surface area (Å²) in [6.07, 6.45) is -1.27. The minimum absolute atomic E-state index is 0.000696. The first-order valence-electron chi connectivity index (χ1n) is 11.7. The third kappa shape index (κ3) is 5.31. The van der Waals surface area contributed by atoms with Gasteiger partial charge < -0.3 is 18.6 Å². The molecule has 3 atom stereocenters. The average Bonchev–Trinajstić information content (AvgIpc) is 3.09. The molecule has 2 aromatic rings. The summed E-state index contributed by atoms with van der Waals surface area (Å²) in [5.74, 6) is -0.825. The second-order valence-corrected chi connectivity index (χ2v) is 14.4. The van der Waals surface area contributed by atoms with Gasteiger partial charge in [0.1, 0.15) is 18.3 Å². The van der Waals surface area contributed by atoms with E-state index in [0.717, 1.165) is 0 Å². The van der Waals surface area contributed by atoms with E-state index >= 15 is 0 Å². The van der Waals surface area contributed by atoms with Gasteiger partial charge in [0.2, 0.25) is 0 Å². The first-order valence-corrected chi connectivity index (χ1v) is 13.6. The molecule has 33 heavy (non-hydrogen) atoms. The van der Waals surface area contributed by atoms with Gasteiger partial charge in [-0.2, -0.15) is 0 Å². The predicted molar refractivity (Wildman–Crippen MR) is 133 cm³/mol. The predicted octanol–water partition coefficient (Wildman–Crippen LogP) is 4.08. The number of ether oxygens (including phenoxy) is 3. The molecule has 1 aliphatic heterocycles. The van der Waals surface area contributed by atoms with Gasteiger partial charge in [0.15, 0.2) is 11.6 Å². The molecule has 1 saturated heterocycles. The van der Waals surface area contributed by atoms with Crippen LogP contribution in [0.4, 0.5) is 0 Å². The van der Waals surface area contributed by atoms with Crippen LogP contribution in [-0.4, -0.2) is 51.9 Å². The number of hydrogen-bond acceptors (Lipinski definition) is 5. The molecule has 2 aromatic carbocycles. The van der Waals surface area contributed by atoms with Crippen molar-refractivity contribution in [3.05, 3.63) is 60.7 Å². The number of methoxy groups -OCH3 is 1. The highest BCUT2D eigenvalue weighted by molar-refractivity contribution is 6.99. The molecule has 1 heterocycles. The van der Waals surface area contributed by atoms with Crippen molar-refractivity contribution >= 4 is 24.5 Å². The van der Waals surface area contributed by atoms with Crippen molar-refractivity contribution in [2.24, 2.45) is 0 Å². The standard InChI is InChI=1S/C27H38O5Si/c1-8-22(28)24(29-7)25-23(31-27(5,6)32-25)19-30-33(26(2,3)4,20-15-11-9-12-16-20)21-17-13-10-14-18-21/h9-18,23-25H,8,19H2,1-7H3/t23-,24+,25-/m0/s1. The maximum absolute atomic E-state index is 12.6. The third-order valence-corrected chi connectivity index (χ3v) is 11.3. The molecule has 180 valence electrons. The van der Waals surface area contributed by atoms with Crippen molar-refractivity contribution in [3.63, 3.8) is 0 Å². The van der Waals surface area contributed by atoms with E-state index in [1.165, 1.54) is 10.4 Å². The fourth-order valence-corrected chi connectivity index (χ4v) is 9.44. The van der Waals surface area contributed by atoms with E-state index in [-0.39, 0.29) is 10.8 Å². The molecule has 0 N–H and O–H groups in total. The van der Waals surface area contributed by atoms with Gasteiger partial charge in [0.05, 0.1) is 6.61 Å². The minimum Gasteiger partial charge on any atom is -0.405 e. The van der Waals surface area contributed by atoms with Gasteiger partial charge in [0, 0.05) is 13.5 Å². The minimum atomic E-state index is -2.73. The SMILES string of the molecule is CCC(=O)[C@@H](OC)[C@H]1OC(C)(C)O[C@H]1CO[Si](c1ccccc1)(c1ccccc1)C(C)(C)C. The lowest BCUT2D eigenvalue weighted by atomic mass is 10.0. The number of Topliss-reactive ketones (excluding diaryl/α,β-unsaturated/α-hetero) is 1. The molecule has 1 fully saturated rings. The first-order chi connectivity index (χ1) is 15.6. The van der Waals surface area contributed by atoms with Crippen LogP contribution in [0.25, 0.3) is 0 Å². The summed E-state index contributed by atoms with van der Waals surface area (Å²) < 4.78 is 25.1. The molecule has 0 spiro atoms. The number of benzene rings is 2. The molecular weight excluding hydrogens is 432 g/mol. The Kier molecular flexibility index (Phi) is 7.97. The first kappa shape index (κ1) is 25.8. The summed E-state index contributed by atoms with van der Waals surface area (Å²) in [7, 11) is -1.19. The summed E-state index contributed by atoms with van der Waals surface area (Å²) in [5.41, 5.74) is 0. The maximum Gasteiger partial charge on any atom is 0.261 e. The van der Waals surface area contributed by atoms with Crippen molar-refractivity contribution in [1.29, 1.82) is 0 Å². The van der Waals surface area contributed by atoms with E-state index in [0.29, 0.717) is 13.0 Å². The molecule has 6 heteroatoms. The number of hydrogen-bond donors (Lipinski definition) is 0. The second kappa shape index (κ2) is 10.2. The molecule has 5 nitrogen and oxygen atoms in total. The lowest BCUT2D eigenvalue weighted by molar-refractivity contribution is -0.162. The van der Waals surface area contributed by atoms with E-state index in [4.69, 9.17) is 18.6 Å². The Bertz CT molecular complexity index is 868. The zero-order valence-electron chi connectivity index (χ0n) is 21.0. The molecule has 0 amide bonds. The van der Waals surface area contributed by atoms with Crippen LogP contribution in [0.15, 0.2) is 60.7 Å². The van der Waals surface area contributed by atoms with Crippen LogP contribution in [0.2, 0.25) is 5.04 Å². The summed E-state index contributed by atoms with van der Waals surface area (Å²) in [4.78, 5) is 12.6. The van der Waals surface area contributed by atoms with Crippen LogP contribution in [0.3, 0.4) is 0 Å². The molecule has 0 aliphatic carbocycles. The topological polar surface area (TPSA) is 54.0 Å². The van der Waals surface area contributed by atoms with Crippen LogP contribution in [-0.2, 0) is 23.4 Å². The van der Waals surface area contributed by atoms with E-state index in [2.05, 4.69) is 69.3 Å². The van der Waals surface area contributed by atoms with Crippen LogP contribution >= 0.6 is 0 Å². The largest absolute Gasteiger partial charge is 0.405 e. The fourth-order valence-electron chi connectivity index (χ4n) is 4.87. The van der Waals surface area contributed by atoms with Crippen LogP contribution in [0.1, 0.15) is 48.0 Å². The number of ketones is 1. The Labute approximate surface area is 199 Å². The Morgan fingerprint density at radius 1 is 1.00 bits per heavy atom. The van der Waals surface area contributed by atoms with E-state index in [9.17, 15) is 4.79 Å². The summed E-state index contributed by atoms with van der Waals surface area (Å²) in [6, 6.07) is 21.0. The van der Waals surface area contributed by atoms with Crippen molar-refractivity contribution in [2.45, 2.75) is 77.1 Å². The normalized spacial score (nSPS) is 21.7. The molecular formula is C27H38O5Si. The molecule has 0 aromatic heterocycles. The summed E-state index contributed by atoms with van der Waals surface area (Å²) >= 11 is 0. The lowest BCUT2D eigenvalue weighted by Gasteiger charge is -2.43. The molecule has 1 aliphatic rings. The van der Waals surface area contributed by atoms with E-state index in [1.54, 1.807) is 7.11 Å². The molecule has 0 unspecified atom stereocenters. The highest BCUT2D eigenvalue weighted by atomic mass is 28.4. The van der Waals surface area contributed by atoms with Gasteiger partial charge in [-0.1, -0.05) is 88.4 Å². The molecule has 0 radical (unpaired) electrons. The van der Waals surface area contributed by atoms with E-state index in [1.807, 2.05) is 32.9 Å². The Balaban J connectivity index is 2.02. The summed E-state index contributed by atoms with van der Waals surface area (Å²) in [5, 5.41) is 2.25. The zero-order valence-corrected chi connectivity index (χ0v) is 22.0. The third-order valence-electron chi connectivity index (χ3n) is 6.32. The highest BCUT2D eigenvalue weighted by Gasteiger charge is 2.53. The van der Waals surface area contributed by atoms with Crippen molar-refractivity contribution in [1.82, 2.24) is 0 Å². The van der Waals surface area contributed by atoms with Crippen molar-refractivity contribution in [2.75, 3.05) is 13.7 Å². The van der Waals surface area contributed by atoms with E-state index < -0.39 is 32.4 Å². The van der Waals surface area contributed by atoms with Gasteiger partial charge >= 0.3 is 0 Å². The average molecular weight is 471 g/mol. The number of rotatable bonds is 9. The van der Waals surface area contributed by atoms with Gasteiger partial charge in [-0.15, -0.1) is 0 Å². The highest BCUT2D eigenvalue weighted by Crippen LogP contribution is 2.38. The summed E-state index contributed by atoms with van der Waals surface area (Å²) in [6.45, 7) is 12.6. The Morgan fingerprint density at radius 3 is 1.94 bits per heavy atom. The quantitative estimate of drug-likeness (QED) is 0.517. The Morgan fingerprint density at radius 2 is 1.52 bits per heavy atom. The number of carbonyl (C=O) groups is 1. The van der Waals surface area contributed by atoms with Crippen LogP contribution in [0.5, 0.6) is 0 Å². The second-order valence-electron chi connectivity index (χ2n) is 10.1. The van der Waals surface area contributed by atoms with Crippen LogP contribution in [0, 0.1) is 0 Å². The van der Waals surface area contributed by atoms with Gasteiger partial charge in [-0.3, -0.25) is 4.79 Å². The van der Waals surface area contributed by atoms with Crippen molar-refractivity contribution in [3.8, 4) is 0 Å². The zero-order chi connectivity index (χ0) is 24.3. The smallest absolute Gasteiger partial charge is 0.261 e. The molecule has 3 rings (SSSR count). The van der Waals surface area contributed by atoms with Gasteiger partial charge in [-0.05, 0) is 29.3 Å². The van der Waals surface area contributed by atoms with Gasteiger partial charge in [0.25, 0.3) is 8.32 Å². The van der Waals surface area contributed by atoms with Crippen LogP contribution < -0.4 is 10.4 Å². The lowest BCUT2D eigenvalue weighted by Crippen LogP contribution is -2.67. The fraction of sp³-hybridized carbons (Fsp3) is 0.519. The molecule has 0 bridgehead atoms.